The number of fused-ring (bicyclic) bond motifs is 1. The number of hydrogen-bond donors (Lipinski definition) is 1. The number of pyridine rings is 1. The third-order valence-corrected chi connectivity index (χ3v) is 6.28. The van der Waals surface area contributed by atoms with Crippen LogP contribution < -0.4 is 10.2 Å². The van der Waals surface area contributed by atoms with Crippen molar-refractivity contribution in [2.75, 3.05) is 36.4 Å². The first kappa shape index (κ1) is 21.8. The van der Waals surface area contributed by atoms with Crippen LogP contribution in [0.15, 0.2) is 48.9 Å². The van der Waals surface area contributed by atoms with E-state index < -0.39 is 0 Å². The molecule has 1 saturated heterocycles. The maximum atomic E-state index is 11.6. The highest BCUT2D eigenvalue weighted by Gasteiger charge is 2.20. The summed E-state index contributed by atoms with van der Waals surface area (Å²) in [4.78, 5) is 24.5. The van der Waals surface area contributed by atoms with Gasteiger partial charge in [0, 0.05) is 57.6 Å². The van der Waals surface area contributed by atoms with Crippen LogP contribution in [0.4, 0.5) is 11.8 Å². The molecule has 0 spiro atoms. The minimum atomic E-state index is 0.119. The predicted octanol–water partition coefficient (Wildman–Crippen LogP) is 3.08. The van der Waals surface area contributed by atoms with Crippen molar-refractivity contribution in [2.45, 2.75) is 27.3 Å². The summed E-state index contributed by atoms with van der Waals surface area (Å²) in [5.41, 5.74) is 6.52. The Morgan fingerprint density at radius 3 is 2.56 bits per heavy atom. The Morgan fingerprint density at radius 2 is 1.82 bits per heavy atom. The van der Waals surface area contributed by atoms with E-state index in [1.54, 1.807) is 13.3 Å². The molecule has 1 aliphatic heterocycles. The molecule has 5 rings (SSSR count). The van der Waals surface area contributed by atoms with E-state index in [2.05, 4.69) is 61.6 Å². The molecule has 9 nitrogen and oxygen atoms in total. The molecular formula is C25H28N8O. The van der Waals surface area contributed by atoms with Crippen molar-refractivity contribution >= 4 is 23.3 Å². The molecule has 1 fully saturated rings. The molecule has 3 aromatic heterocycles. The second-order valence-corrected chi connectivity index (χ2v) is 8.68. The van der Waals surface area contributed by atoms with E-state index in [4.69, 9.17) is 0 Å². The molecule has 0 bridgehead atoms. The average molecular weight is 457 g/mol. The van der Waals surface area contributed by atoms with Gasteiger partial charge in [-0.15, -0.1) is 10.2 Å². The number of aromatic nitrogens is 5. The normalized spacial score (nSPS) is 14.0. The van der Waals surface area contributed by atoms with E-state index in [1.165, 1.54) is 16.7 Å². The SMILES string of the molecule is CC(=O)N1CCN(c2cc3nnc(NCc4ccc(-c5ccnc(C)c5)c(C)c4)n3cn2)CC1. The van der Waals surface area contributed by atoms with Gasteiger partial charge < -0.3 is 15.1 Å². The zero-order valence-corrected chi connectivity index (χ0v) is 19.7. The zero-order chi connectivity index (χ0) is 23.7. The van der Waals surface area contributed by atoms with Crippen molar-refractivity contribution in [3.63, 3.8) is 0 Å². The van der Waals surface area contributed by atoms with E-state index >= 15 is 0 Å². The highest BCUT2D eigenvalue weighted by atomic mass is 16.2. The van der Waals surface area contributed by atoms with E-state index in [0.29, 0.717) is 25.6 Å². The lowest BCUT2D eigenvalue weighted by Crippen LogP contribution is -2.48. The van der Waals surface area contributed by atoms with Gasteiger partial charge in [0.1, 0.15) is 12.1 Å². The summed E-state index contributed by atoms with van der Waals surface area (Å²) in [5, 5.41) is 12.0. The minimum absolute atomic E-state index is 0.119. The summed E-state index contributed by atoms with van der Waals surface area (Å²) >= 11 is 0. The maximum Gasteiger partial charge on any atom is 0.230 e. The highest BCUT2D eigenvalue weighted by Crippen LogP contribution is 2.25. The van der Waals surface area contributed by atoms with Gasteiger partial charge in [-0.1, -0.05) is 18.2 Å². The third-order valence-electron chi connectivity index (χ3n) is 6.28. The topological polar surface area (TPSA) is 91.5 Å². The van der Waals surface area contributed by atoms with Crippen molar-refractivity contribution in [3.05, 3.63) is 65.7 Å². The van der Waals surface area contributed by atoms with Crippen molar-refractivity contribution in [2.24, 2.45) is 0 Å². The van der Waals surface area contributed by atoms with E-state index in [1.807, 2.05) is 34.6 Å². The number of piperazine rings is 1. The van der Waals surface area contributed by atoms with E-state index in [-0.39, 0.29) is 5.91 Å². The lowest BCUT2D eigenvalue weighted by atomic mass is 9.98. The zero-order valence-electron chi connectivity index (χ0n) is 19.7. The molecule has 0 atom stereocenters. The van der Waals surface area contributed by atoms with Gasteiger partial charge in [-0.3, -0.25) is 14.2 Å². The first-order valence-electron chi connectivity index (χ1n) is 11.5. The molecule has 0 saturated carbocycles. The van der Waals surface area contributed by atoms with Gasteiger partial charge >= 0.3 is 0 Å². The number of carbonyl (C=O) groups is 1. The Balaban J connectivity index is 1.27. The number of nitrogens with zero attached hydrogens (tertiary/aromatic N) is 7. The Hall–Kier alpha value is -4.01. The van der Waals surface area contributed by atoms with Crippen molar-refractivity contribution in [1.29, 1.82) is 0 Å². The third kappa shape index (κ3) is 4.41. The fourth-order valence-electron chi connectivity index (χ4n) is 4.38. The number of amides is 1. The van der Waals surface area contributed by atoms with Crippen LogP contribution in [0.25, 0.3) is 16.8 Å². The second-order valence-electron chi connectivity index (χ2n) is 8.68. The molecule has 174 valence electrons. The molecule has 34 heavy (non-hydrogen) atoms. The van der Waals surface area contributed by atoms with Crippen LogP contribution in [-0.2, 0) is 11.3 Å². The lowest BCUT2D eigenvalue weighted by molar-refractivity contribution is -0.129. The fourth-order valence-corrected chi connectivity index (χ4v) is 4.38. The molecule has 1 amide bonds. The molecule has 4 aromatic rings. The quantitative estimate of drug-likeness (QED) is 0.493. The predicted molar refractivity (Wildman–Crippen MR) is 132 cm³/mol. The summed E-state index contributed by atoms with van der Waals surface area (Å²) in [6, 6.07) is 12.6. The molecule has 0 radical (unpaired) electrons. The van der Waals surface area contributed by atoms with Crippen molar-refractivity contribution in [3.8, 4) is 11.1 Å². The summed E-state index contributed by atoms with van der Waals surface area (Å²) in [5.74, 6) is 1.63. The van der Waals surface area contributed by atoms with Crippen LogP contribution in [0.2, 0.25) is 0 Å². The van der Waals surface area contributed by atoms with Gasteiger partial charge in [0.2, 0.25) is 11.9 Å². The van der Waals surface area contributed by atoms with Gasteiger partial charge in [-0.25, -0.2) is 4.98 Å². The smallest absolute Gasteiger partial charge is 0.230 e. The fraction of sp³-hybridized carbons (Fsp3) is 0.320. The van der Waals surface area contributed by atoms with Gasteiger partial charge in [-0.2, -0.15) is 0 Å². The summed E-state index contributed by atoms with van der Waals surface area (Å²) in [6.45, 7) is 9.32. The van der Waals surface area contributed by atoms with Crippen LogP contribution in [0.5, 0.6) is 0 Å². The Labute approximate surface area is 198 Å². The molecule has 1 aromatic carbocycles. The van der Waals surface area contributed by atoms with Crippen LogP contribution >= 0.6 is 0 Å². The van der Waals surface area contributed by atoms with Gasteiger partial charge in [-0.05, 0) is 48.2 Å². The highest BCUT2D eigenvalue weighted by molar-refractivity contribution is 5.73. The van der Waals surface area contributed by atoms with Crippen molar-refractivity contribution < 1.29 is 4.79 Å². The van der Waals surface area contributed by atoms with Crippen LogP contribution in [0, 0.1) is 13.8 Å². The summed E-state index contributed by atoms with van der Waals surface area (Å²) in [7, 11) is 0. The number of anilines is 2. The number of nitrogens with one attached hydrogen (secondary N) is 1. The average Bonchev–Trinajstić information content (AvgIpc) is 3.25. The van der Waals surface area contributed by atoms with E-state index in [0.717, 1.165) is 35.8 Å². The minimum Gasteiger partial charge on any atom is -0.353 e. The largest absolute Gasteiger partial charge is 0.353 e. The van der Waals surface area contributed by atoms with Gasteiger partial charge in [0.15, 0.2) is 5.65 Å². The number of rotatable bonds is 5. The Morgan fingerprint density at radius 1 is 1.00 bits per heavy atom. The Bertz CT molecular complexity index is 1340. The van der Waals surface area contributed by atoms with Crippen LogP contribution in [0.1, 0.15) is 23.7 Å². The molecule has 1 aliphatic rings. The monoisotopic (exact) mass is 456 g/mol. The molecule has 9 heteroatoms. The number of carbonyl (C=O) groups excluding carboxylic acids is 1. The number of benzene rings is 1. The van der Waals surface area contributed by atoms with Gasteiger partial charge in [0.05, 0.1) is 0 Å². The summed E-state index contributed by atoms with van der Waals surface area (Å²) < 4.78 is 1.86. The first-order valence-corrected chi connectivity index (χ1v) is 11.5. The maximum absolute atomic E-state index is 11.6. The number of aryl methyl sites for hydroxylation is 2. The number of hydrogen-bond acceptors (Lipinski definition) is 7. The van der Waals surface area contributed by atoms with Gasteiger partial charge in [0.25, 0.3) is 0 Å². The molecule has 0 aliphatic carbocycles. The van der Waals surface area contributed by atoms with E-state index in [9.17, 15) is 4.79 Å². The molecular weight excluding hydrogens is 428 g/mol. The lowest BCUT2D eigenvalue weighted by Gasteiger charge is -2.34. The molecule has 4 heterocycles. The van der Waals surface area contributed by atoms with Crippen LogP contribution in [0.3, 0.4) is 0 Å². The standard InChI is InChI=1S/C25H28N8O/c1-17-12-20(4-5-22(17)21-6-7-26-18(2)13-21)15-27-25-30-29-24-14-23(28-16-33(24)25)32-10-8-31(9-11-32)19(3)34/h4-7,12-14,16H,8-11,15H2,1-3H3,(H,27,30). The van der Waals surface area contributed by atoms with Crippen molar-refractivity contribution in [1.82, 2.24) is 29.5 Å². The second kappa shape index (κ2) is 9.09. The molecule has 0 unspecified atom stereocenters. The first-order chi connectivity index (χ1) is 16.5. The molecule has 1 N–H and O–H groups in total. The Kier molecular flexibility index (Phi) is 5.83. The van der Waals surface area contributed by atoms with Crippen LogP contribution in [-0.4, -0.2) is 61.6 Å². The summed E-state index contributed by atoms with van der Waals surface area (Å²) in [6.07, 6.45) is 3.60.